The predicted molar refractivity (Wildman–Crippen MR) is 107 cm³/mol. The highest BCUT2D eigenvalue weighted by Gasteiger charge is 2.30. The van der Waals surface area contributed by atoms with E-state index in [9.17, 15) is 18.0 Å². The third-order valence-electron chi connectivity index (χ3n) is 4.09. The first-order valence-corrected chi connectivity index (χ1v) is 9.43. The van der Waals surface area contributed by atoms with E-state index in [1.165, 1.54) is 18.4 Å². The maximum absolute atomic E-state index is 12.8. The van der Waals surface area contributed by atoms with E-state index in [1.54, 1.807) is 19.2 Å². The van der Waals surface area contributed by atoms with Crippen molar-refractivity contribution < 1.29 is 27.1 Å². The van der Waals surface area contributed by atoms with Crippen LogP contribution in [0, 0.1) is 0 Å². The number of rotatable bonds is 9. The molecule has 7 nitrogen and oxygen atoms in total. The number of guanidine groups is 1. The highest BCUT2D eigenvalue weighted by atomic mass is 19.4. The number of furan rings is 1. The average molecular weight is 426 g/mol. The molecule has 2 aromatic rings. The molecule has 0 fully saturated rings. The molecule has 2 rings (SSSR count). The molecular formula is C20H25F3N4O3. The molecular weight excluding hydrogens is 401 g/mol. The molecule has 30 heavy (non-hydrogen) atoms. The smallest absolute Gasteiger partial charge is 0.416 e. The standard InChI is InChI=1S/C20H25F3N4O3/c1-3-15(30-16-7-4-6-14(12-16)20(21,22)23)13-27-19(24-2)26-10-9-25-18(28)17-8-5-11-29-17/h4-8,11-12,15H,3,9-10,13H2,1-2H3,(H,25,28)(H2,24,26,27). The van der Waals surface area contributed by atoms with Gasteiger partial charge in [-0.1, -0.05) is 13.0 Å². The number of carbonyl (C=O) groups is 1. The molecule has 1 atom stereocenters. The van der Waals surface area contributed by atoms with Crippen LogP contribution in [0.2, 0.25) is 0 Å². The Bertz CT molecular complexity index is 823. The minimum Gasteiger partial charge on any atom is -0.489 e. The Labute approximate surface area is 172 Å². The van der Waals surface area contributed by atoms with Crippen LogP contribution in [0.4, 0.5) is 13.2 Å². The van der Waals surface area contributed by atoms with Gasteiger partial charge in [0.1, 0.15) is 11.9 Å². The lowest BCUT2D eigenvalue weighted by Crippen LogP contribution is -2.44. The van der Waals surface area contributed by atoms with E-state index >= 15 is 0 Å². The first-order valence-electron chi connectivity index (χ1n) is 9.43. The normalized spacial score (nSPS) is 12.9. The van der Waals surface area contributed by atoms with Gasteiger partial charge in [0.25, 0.3) is 5.91 Å². The number of carbonyl (C=O) groups excluding carboxylic acids is 1. The Kier molecular flexibility index (Phi) is 8.57. The molecule has 0 radical (unpaired) electrons. The van der Waals surface area contributed by atoms with Crippen LogP contribution in [-0.4, -0.2) is 44.7 Å². The number of alkyl halides is 3. The van der Waals surface area contributed by atoms with E-state index in [4.69, 9.17) is 9.15 Å². The van der Waals surface area contributed by atoms with Crippen molar-refractivity contribution in [2.24, 2.45) is 4.99 Å². The molecule has 1 unspecified atom stereocenters. The fourth-order valence-electron chi connectivity index (χ4n) is 2.49. The molecule has 3 N–H and O–H groups in total. The zero-order valence-corrected chi connectivity index (χ0v) is 16.8. The van der Waals surface area contributed by atoms with Crippen molar-refractivity contribution in [2.75, 3.05) is 26.7 Å². The Morgan fingerprint density at radius 1 is 1.17 bits per heavy atom. The average Bonchev–Trinajstić information content (AvgIpc) is 3.26. The first-order chi connectivity index (χ1) is 14.3. The predicted octanol–water partition coefficient (Wildman–Crippen LogP) is 3.05. The second-order valence-electron chi connectivity index (χ2n) is 6.29. The topological polar surface area (TPSA) is 87.9 Å². The minimum absolute atomic E-state index is 0.155. The summed E-state index contributed by atoms with van der Waals surface area (Å²) < 4.78 is 49.2. The number of hydrogen-bond donors (Lipinski definition) is 3. The molecule has 1 aromatic carbocycles. The Morgan fingerprint density at radius 3 is 2.57 bits per heavy atom. The SMILES string of the molecule is CCC(CNC(=NC)NCCNC(=O)c1ccco1)Oc1cccc(C(F)(F)F)c1. The van der Waals surface area contributed by atoms with Crippen molar-refractivity contribution >= 4 is 11.9 Å². The van der Waals surface area contributed by atoms with Gasteiger partial charge in [0.05, 0.1) is 18.4 Å². The maximum atomic E-state index is 12.8. The molecule has 0 aliphatic rings. The molecule has 1 amide bonds. The largest absolute Gasteiger partial charge is 0.489 e. The molecule has 0 saturated heterocycles. The van der Waals surface area contributed by atoms with Crippen molar-refractivity contribution in [2.45, 2.75) is 25.6 Å². The van der Waals surface area contributed by atoms with Gasteiger partial charge in [0, 0.05) is 20.1 Å². The van der Waals surface area contributed by atoms with Crippen LogP contribution in [0.5, 0.6) is 5.75 Å². The molecule has 164 valence electrons. The van der Waals surface area contributed by atoms with Gasteiger partial charge in [-0.3, -0.25) is 9.79 Å². The van der Waals surface area contributed by atoms with Gasteiger partial charge >= 0.3 is 6.18 Å². The van der Waals surface area contributed by atoms with Gasteiger partial charge in [0.2, 0.25) is 0 Å². The number of nitrogens with one attached hydrogen (secondary N) is 3. The number of nitrogens with zero attached hydrogens (tertiary/aromatic N) is 1. The van der Waals surface area contributed by atoms with Crippen LogP contribution in [0.3, 0.4) is 0 Å². The molecule has 1 aromatic heterocycles. The van der Waals surface area contributed by atoms with E-state index in [1.807, 2.05) is 6.92 Å². The minimum atomic E-state index is -4.42. The van der Waals surface area contributed by atoms with Crippen LogP contribution in [0.1, 0.15) is 29.5 Å². The van der Waals surface area contributed by atoms with Gasteiger partial charge in [-0.2, -0.15) is 13.2 Å². The van der Waals surface area contributed by atoms with Crippen LogP contribution in [0.15, 0.2) is 52.1 Å². The monoisotopic (exact) mass is 426 g/mol. The van der Waals surface area contributed by atoms with Crippen molar-refractivity contribution in [3.63, 3.8) is 0 Å². The number of halogens is 3. The Hall–Kier alpha value is -3.17. The Morgan fingerprint density at radius 2 is 1.93 bits per heavy atom. The molecule has 10 heteroatoms. The molecule has 1 heterocycles. The zero-order chi connectivity index (χ0) is 22.0. The molecule has 0 saturated carbocycles. The lowest BCUT2D eigenvalue weighted by atomic mass is 10.2. The number of benzene rings is 1. The van der Waals surface area contributed by atoms with Crippen molar-refractivity contribution in [3.8, 4) is 5.75 Å². The quantitative estimate of drug-likeness (QED) is 0.326. The van der Waals surface area contributed by atoms with Gasteiger partial charge in [-0.05, 0) is 36.8 Å². The second kappa shape index (κ2) is 11.1. The summed E-state index contributed by atoms with van der Waals surface area (Å²) >= 11 is 0. The maximum Gasteiger partial charge on any atom is 0.416 e. The van der Waals surface area contributed by atoms with Crippen LogP contribution in [-0.2, 0) is 6.18 Å². The summed E-state index contributed by atoms with van der Waals surface area (Å²) in [5.41, 5.74) is -0.753. The van der Waals surface area contributed by atoms with Crippen LogP contribution >= 0.6 is 0 Å². The summed E-state index contributed by atoms with van der Waals surface area (Å²) in [6.07, 6.45) is -2.77. The van der Waals surface area contributed by atoms with Crippen LogP contribution < -0.4 is 20.7 Å². The third kappa shape index (κ3) is 7.34. The van der Waals surface area contributed by atoms with Gasteiger partial charge < -0.3 is 25.1 Å². The van der Waals surface area contributed by atoms with E-state index in [0.717, 1.165) is 12.1 Å². The second-order valence-corrected chi connectivity index (χ2v) is 6.29. The molecule has 0 aliphatic carbocycles. The zero-order valence-electron chi connectivity index (χ0n) is 16.8. The van der Waals surface area contributed by atoms with Crippen molar-refractivity contribution in [1.82, 2.24) is 16.0 Å². The van der Waals surface area contributed by atoms with E-state index < -0.39 is 11.7 Å². The fraction of sp³-hybridized carbons (Fsp3) is 0.400. The van der Waals surface area contributed by atoms with E-state index in [-0.39, 0.29) is 23.5 Å². The highest BCUT2D eigenvalue weighted by Crippen LogP contribution is 2.31. The van der Waals surface area contributed by atoms with E-state index in [2.05, 4.69) is 20.9 Å². The summed E-state index contributed by atoms with van der Waals surface area (Å²) in [6, 6.07) is 7.99. The third-order valence-corrected chi connectivity index (χ3v) is 4.09. The summed E-state index contributed by atoms with van der Waals surface area (Å²) in [7, 11) is 1.59. The molecule has 0 spiro atoms. The van der Waals surface area contributed by atoms with Gasteiger partial charge in [0.15, 0.2) is 11.7 Å². The van der Waals surface area contributed by atoms with E-state index in [0.29, 0.717) is 32.0 Å². The summed E-state index contributed by atoms with van der Waals surface area (Å²) in [5.74, 6) is 0.552. The summed E-state index contributed by atoms with van der Waals surface area (Å²) in [6.45, 7) is 2.97. The lowest BCUT2D eigenvalue weighted by Gasteiger charge is -2.20. The lowest BCUT2D eigenvalue weighted by molar-refractivity contribution is -0.137. The summed E-state index contributed by atoms with van der Waals surface area (Å²) in [5, 5.41) is 8.79. The highest BCUT2D eigenvalue weighted by molar-refractivity contribution is 5.91. The van der Waals surface area contributed by atoms with Gasteiger partial charge in [-0.15, -0.1) is 0 Å². The first kappa shape index (κ1) is 23.1. The number of aliphatic imine (C=N–C) groups is 1. The number of hydrogen-bond acceptors (Lipinski definition) is 4. The Balaban J connectivity index is 1.76. The van der Waals surface area contributed by atoms with Crippen molar-refractivity contribution in [1.29, 1.82) is 0 Å². The number of ether oxygens (including phenoxy) is 1. The number of amides is 1. The van der Waals surface area contributed by atoms with Gasteiger partial charge in [-0.25, -0.2) is 0 Å². The van der Waals surface area contributed by atoms with Crippen LogP contribution in [0.25, 0.3) is 0 Å². The molecule has 0 aliphatic heterocycles. The van der Waals surface area contributed by atoms with Crippen molar-refractivity contribution in [3.05, 3.63) is 54.0 Å². The summed E-state index contributed by atoms with van der Waals surface area (Å²) in [4.78, 5) is 15.8. The molecule has 0 bridgehead atoms. The fourth-order valence-corrected chi connectivity index (χ4v) is 2.49.